The monoisotopic (exact) mass is 377 g/mol. The topological polar surface area (TPSA) is 67.1 Å². The maximum Gasteiger partial charge on any atom is 0.237 e. The second-order valence-electron chi connectivity index (χ2n) is 5.64. The van der Waals surface area contributed by atoms with E-state index in [0.717, 1.165) is 12.0 Å². The van der Waals surface area contributed by atoms with Crippen LogP contribution in [0.5, 0.6) is 0 Å². The predicted molar refractivity (Wildman–Crippen MR) is 101 cm³/mol. The summed E-state index contributed by atoms with van der Waals surface area (Å²) in [6.07, 6.45) is 0.888. The van der Waals surface area contributed by atoms with Crippen LogP contribution in [-0.4, -0.2) is 30.3 Å². The van der Waals surface area contributed by atoms with Gasteiger partial charge < -0.3 is 16.4 Å². The minimum Gasteiger partial charge on any atom is -0.351 e. The van der Waals surface area contributed by atoms with E-state index in [0.29, 0.717) is 28.9 Å². The maximum atomic E-state index is 12.5. The van der Waals surface area contributed by atoms with Gasteiger partial charge in [0.15, 0.2) is 0 Å². The molecule has 4 N–H and O–H groups in total. The molecule has 0 aromatic heterocycles. The summed E-state index contributed by atoms with van der Waals surface area (Å²) in [7, 11) is 0. The van der Waals surface area contributed by atoms with Crippen molar-refractivity contribution in [2.24, 2.45) is 11.7 Å². The normalized spacial score (nSPS) is 15.0. The van der Waals surface area contributed by atoms with E-state index in [-0.39, 0.29) is 23.9 Å². The third kappa shape index (κ3) is 6.51. The minimum atomic E-state index is -0.302. The average molecular weight is 378 g/mol. The number of hydrogen-bond donors (Lipinski definition) is 4. The summed E-state index contributed by atoms with van der Waals surface area (Å²) in [6.45, 7) is 4.98. The molecule has 1 aromatic carbocycles. The summed E-state index contributed by atoms with van der Waals surface area (Å²) in [4.78, 5) is 12.5. The standard InChI is InChI=1S/C16H25Cl2N3OS/c1-3-10(2)15(20-8-12(19)9-23)16(22)21-7-11-5-4-6-13(17)14(11)18/h4-6,10,12,15,20,23H,3,7-9,19H2,1-2H3,(H,21,22)/t10-,12?,15+/m0/s1. The Bertz CT molecular complexity index is 516. The van der Waals surface area contributed by atoms with Gasteiger partial charge in [-0.2, -0.15) is 12.6 Å². The first-order chi connectivity index (χ1) is 10.9. The van der Waals surface area contributed by atoms with Gasteiger partial charge in [-0.1, -0.05) is 55.6 Å². The van der Waals surface area contributed by atoms with Crippen molar-refractivity contribution in [1.29, 1.82) is 0 Å². The van der Waals surface area contributed by atoms with Gasteiger partial charge in [0.05, 0.1) is 16.1 Å². The number of halogens is 2. The molecule has 0 bridgehead atoms. The van der Waals surface area contributed by atoms with E-state index in [4.69, 9.17) is 28.9 Å². The van der Waals surface area contributed by atoms with Crippen LogP contribution < -0.4 is 16.4 Å². The van der Waals surface area contributed by atoms with Crippen molar-refractivity contribution in [3.8, 4) is 0 Å². The van der Waals surface area contributed by atoms with Crippen molar-refractivity contribution < 1.29 is 4.79 Å². The number of benzene rings is 1. The Balaban J connectivity index is 2.67. The van der Waals surface area contributed by atoms with Crippen LogP contribution in [0, 0.1) is 5.92 Å². The highest BCUT2D eigenvalue weighted by molar-refractivity contribution is 7.80. The molecule has 0 aliphatic rings. The van der Waals surface area contributed by atoms with Gasteiger partial charge in [-0.25, -0.2) is 0 Å². The Kier molecular flexibility index (Phi) is 9.32. The molecule has 0 aliphatic heterocycles. The second kappa shape index (κ2) is 10.4. The van der Waals surface area contributed by atoms with E-state index in [9.17, 15) is 4.79 Å². The van der Waals surface area contributed by atoms with Crippen molar-refractivity contribution in [3.05, 3.63) is 33.8 Å². The molecule has 130 valence electrons. The molecule has 23 heavy (non-hydrogen) atoms. The Hall–Kier alpha value is -0.460. The van der Waals surface area contributed by atoms with Gasteiger partial charge in [0.25, 0.3) is 0 Å². The zero-order valence-corrected chi connectivity index (χ0v) is 15.9. The third-order valence-electron chi connectivity index (χ3n) is 3.81. The molecule has 1 rings (SSSR count). The fourth-order valence-corrected chi connectivity index (χ4v) is 2.62. The van der Waals surface area contributed by atoms with Crippen LogP contribution in [0.1, 0.15) is 25.8 Å². The number of thiol groups is 1. The Labute approximate surface area is 153 Å². The molecule has 0 aliphatic carbocycles. The number of nitrogens with one attached hydrogen (secondary N) is 2. The first-order valence-electron chi connectivity index (χ1n) is 7.71. The van der Waals surface area contributed by atoms with Crippen LogP contribution in [0.25, 0.3) is 0 Å². The quantitative estimate of drug-likeness (QED) is 0.500. The molecule has 4 nitrogen and oxygen atoms in total. The highest BCUT2D eigenvalue weighted by atomic mass is 35.5. The van der Waals surface area contributed by atoms with Crippen molar-refractivity contribution in [3.63, 3.8) is 0 Å². The van der Waals surface area contributed by atoms with Crippen molar-refractivity contribution >= 4 is 41.7 Å². The van der Waals surface area contributed by atoms with Crippen molar-refractivity contribution in [2.75, 3.05) is 12.3 Å². The first-order valence-corrected chi connectivity index (χ1v) is 9.09. The molecule has 1 amide bonds. The number of carbonyl (C=O) groups is 1. The van der Waals surface area contributed by atoms with Gasteiger partial charge in [0.2, 0.25) is 5.91 Å². The molecule has 7 heteroatoms. The molecule has 0 spiro atoms. The van der Waals surface area contributed by atoms with Crippen molar-refractivity contribution in [1.82, 2.24) is 10.6 Å². The Morgan fingerprint density at radius 1 is 1.39 bits per heavy atom. The fourth-order valence-electron chi connectivity index (χ4n) is 2.11. The number of carbonyl (C=O) groups excluding carboxylic acids is 1. The van der Waals surface area contributed by atoms with Gasteiger partial charge in [-0.15, -0.1) is 0 Å². The summed E-state index contributed by atoms with van der Waals surface area (Å²) in [5, 5.41) is 7.11. The highest BCUT2D eigenvalue weighted by Gasteiger charge is 2.24. The van der Waals surface area contributed by atoms with E-state index in [1.165, 1.54) is 0 Å². The minimum absolute atomic E-state index is 0.0678. The number of amides is 1. The van der Waals surface area contributed by atoms with Crippen LogP contribution in [0.3, 0.4) is 0 Å². The first kappa shape index (κ1) is 20.6. The lowest BCUT2D eigenvalue weighted by molar-refractivity contribution is -0.124. The largest absolute Gasteiger partial charge is 0.351 e. The third-order valence-corrected chi connectivity index (χ3v) is 5.14. The number of rotatable bonds is 9. The summed E-state index contributed by atoms with van der Waals surface area (Å²) in [6, 6.07) is 4.99. The molecular weight excluding hydrogens is 353 g/mol. The average Bonchev–Trinajstić information content (AvgIpc) is 2.55. The SMILES string of the molecule is CC[C@H](C)[C@@H](NCC(N)CS)C(=O)NCc1cccc(Cl)c1Cl. The van der Waals surface area contributed by atoms with E-state index in [1.807, 2.05) is 19.1 Å². The van der Waals surface area contributed by atoms with Crippen LogP contribution in [0.15, 0.2) is 18.2 Å². The summed E-state index contributed by atoms with van der Waals surface area (Å²) in [5.41, 5.74) is 6.66. The lowest BCUT2D eigenvalue weighted by atomic mass is 9.98. The van der Waals surface area contributed by atoms with Crippen LogP contribution >= 0.6 is 35.8 Å². The molecule has 0 saturated heterocycles. The van der Waals surface area contributed by atoms with Gasteiger partial charge in [0, 0.05) is 24.9 Å². The zero-order valence-electron chi connectivity index (χ0n) is 13.5. The smallest absolute Gasteiger partial charge is 0.237 e. The molecule has 0 fully saturated rings. The van der Waals surface area contributed by atoms with E-state index in [2.05, 4.69) is 30.2 Å². The molecule has 0 saturated carbocycles. The number of hydrogen-bond acceptors (Lipinski definition) is 4. The maximum absolute atomic E-state index is 12.5. The summed E-state index contributed by atoms with van der Waals surface area (Å²) >= 11 is 16.3. The molecule has 0 heterocycles. The lowest BCUT2D eigenvalue weighted by Gasteiger charge is -2.25. The van der Waals surface area contributed by atoms with E-state index in [1.54, 1.807) is 6.07 Å². The van der Waals surface area contributed by atoms with Gasteiger partial charge >= 0.3 is 0 Å². The van der Waals surface area contributed by atoms with Crippen LogP contribution in [0.4, 0.5) is 0 Å². The van der Waals surface area contributed by atoms with Gasteiger partial charge in [0.1, 0.15) is 0 Å². The summed E-state index contributed by atoms with van der Waals surface area (Å²) < 4.78 is 0. The van der Waals surface area contributed by atoms with Crippen LogP contribution in [0.2, 0.25) is 10.0 Å². The van der Waals surface area contributed by atoms with E-state index >= 15 is 0 Å². The predicted octanol–water partition coefficient (Wildman–Crippen LogP) is 2.87. The fraction of sp³-hybridized carbons (Fsp3) is 0.562. The highest BCUT2D eigenvalue weighted by Crippen LogP contribution is 2.25. The summed E-state index contributed by atoms with van der Waals surface area (Å²) in [5.74, 6) is 0.693. The molecular formula is C16H25Cl2N3OS. The van der Waals surface area contributed by atoms with Crippen molar-refractivity contribution in [2.45, 2.75) is 38.9 Å². The van der Waals surface area contributed by atoms with Crippen LogP contribution in [-0.2, 0) is 11.3 Å². The van der Waals surface area contributed by atoms with E-state index < -0.39 is 0 Å². The lowest BCUT2D eigenvalue weighted by Crippen LogP contribution is -2.51. The Morgan fingerprint density at radius 3 is 2.70 bits per heavy atom. The number of nitrogens with two attached hydrogens (primary N) is 1. The molecule has 0 radical (unpaired) electrons. The molecule has 1 aromatic rings. The Morgan fingerprint density at radius 2 is 2.09 bits per heavy atom. The van der Waals surface area contributed by atoms with Gasteiger partial charge in [-0.3, -0.25) is 4.79 Å². The molecule has 3 atom stereocenters. The molecule has 1 unspecified atom stereocenters. The zero-order chi connectivity index (χ0) is 17.4. The second-order valence-corrected chi connectivity index (χ2v) is 6.80. The van der Waals surface area contributed by atoms with Gasteiger partial charge in [-0.05, 0) is 17.5 Å².